The summed E-state index contributed by atoms with van der Waals surface area (Å²) in [6.07, 6.45) is 0.181. The number of carbonyl (C=O) groups is 2. The number of aliphatic hydroxyl groups excluding tert-OH is 1. The van der Waals surface area contributed by atoms with E-state index in [4.69, 9.17) is 9.84 Å². The van der Waals surface area contributed by atoms with Gasteiger partial charge >= 0.3 is 6.09 Å². The lowest BCUT2D eigenvalue weighted by atomic mass is 10.4. The normalized spacial score (nSPS) is 9.75. The van der Waals surface area contributed by atoms with E-state index in [0.29, 0.717) is 6.54 Å². The highest BCUT2D eigenvalue weighted by Crippen LogP contribution is 1.97. The Morgan fingerprint density at radius 3 is 2.38 bits per heavy atom. The van der Waals surface area contributed by atoms with Crippen LogP contribution in [0, 0.1) is 0 Å². The summed E-state index contributed by atoms with van der Waals surface area (Å²) in [5.41, 5.74) is 0. The topological polar surface area (TPSA) is 70.1 Å². The first-order valence-electron chi connectivity index (χ1n) is 5.25. The number of ether oxygens (including phenoxy) is 1. The van der Waals surface area contributed by atoms with Gasteiger partial charge in [0.15, 0.2) is 0 Å². The number of aliphatic hydroxyl groups is 1. The molecule has 0 bridgehead atoms. The lowest BCUT2D eigenvalue weighted by Gasteiger charge is -2.22. The van der Waals surface area contributed by atoms with Crippen molar-refractivity contribution in [1.82, 2.24) is 9.80 Å². The van der Waals surface area contributed by atoms with E-state index in [2.05, 4.69) is 0 Å². The van der Waals surface area contributed by atoms with Gasteiger partial charge in [0.1, 0.15) is 13.2 Å². The smallest absolute Gasteiger partial charge is 0.410 e. The van der Waals surface area contributed by atoms with Crippen LogP contribution < -0.4 is 0 Å². The van der Waals surface area contributed by atoms with Gasteiger partial charge in [0, 0.05) is 20.6 Å². The summed E-state index contributed by atoms with van der Waals surface area (Å²) in [7, 11) is 3.26. The van der Waals surface area contributed by atoms with E-state index in [1.54, 1.807) is 14.1 Å². The Hall–Kier alpha value is -1.30. The van der Waals surface area contributed by atoms with E-state index in [1.165, 1.54) is 9.80 Å². The van der Waals surface area contributed by atoms with Crippen molar-refractivity contribution in [2.75, 3.05) is 40.4 Å². The summed E-state index contributed by atoms with van der Waals surface area (Å²) >= 11 is 0. The third-order valence-corrected chi connectivity index (χ3v) is 1.89. The zero-order valence-electron chi connectivity index (χ0n) is 10.1. The molecule has 0 radical (unpaired) electrons. The molecule has 94 valence electrons. The molecular weight excluding hydrogens is 212 g/mol. The van der Waals surface area contributed by atoms with E-state index in [-0.39, 0.29) is 25.7 Å². The molecule has 0 fully saturated rings. The van der Waals surface area contributed by atoms with Crippen molar-refractivity contribution in [3.8, 4) is 0 Å². The molecule has 0 unspecified atom stereocenters. The summed E-state index contributed by atoms with van der Waals surface area (Å²) in [5, 5.41) is 8.53. The fourth-order valence-corrected chi connectivity index (χ4v) is 1.03. The number of nitrogens with zero attached hydrogens (tertiary/aromatic N) is 2. The zero-order valence-corrected chi connectivity index (χ0v) is 10.1. The predicted octanol–water partition coefficient (Wildman–Crippen LogP) is -0.0845. The van der Waals surface area contributed by atoms with Crippen LogP contribution in [0.15, 0.2) is 0 Å². The van der Waals surface area contributed by atoms with Crippen LogP contribution in [-0.2, 0) is 9.53 Å². The van der Waals surface area contributed by atoms with Gasteiger partial charge in [-0.15, -0.1) is 0 Å². The summed E-state index contributed by atoms with van der Waals surface area (Å²) < 4.78 is 4.75. The van der Waals surface area contributed by atoms with Gasteiger partial charge in [-0.1, -0.05) is 6.92 Å². The van der Waals surface area contributed by atoms with Crippen LogP contribution in [0.3, 0.4) is 0 Å². The third-order valence-electron chi connectivity index (χ3n) is 1.89. The second-order valence-electron chi connectivity index (χ2n) is 3.55. The molecule has 0 spiro atoms. The molecule has 0 aromatic carbocycles. The van der Waals surface area contributed by atoms with Crippen molar-refractivity contribution in [3.05, 3.63) is 0 Å². The van der Waals surface area contributed by atoms with Crippen LogP contribution in [0.4, 0.5) is 4.79 Å². The monoisotopic (exact) mass is 232 g/mol. The van der Waals surface area contributed by atoms with Gasteiger partial charge in [0.2, 0.25) is 5.91 Å². The van der Waals surface area contributed by atoms with Crippen LogP contribution in [0.25, 0.3) is 0 Å². The molecule has 2 amide bonds. The summed E-state index contributed by atoms with van der Waals surface area (Å²) in [4.78, 5) is 25.7. The highest BCUT2D eigenvalue weighted by molar-refractivity contribution is 5.81. The van der Waals surface area contributed by atoms with E-state index < -0.39 is 6.09 Å². The zero-order chi connectivity index (χ0) is 12.6. The van der Waals surface area contributed by atoms with Crippen LogP contribution in [0.5, 0.6) is 0 Å². The average Bonchev–Trinajstić information content (AvgIpc) is 2.24. The minimum Gasteiger partial charge on any atom is -0.447 e. The van der Waals surface area contributed by atoms with E-state index in [0.717, 1.165) is 6.42 Å². The van der Waals surface area contributed by atoms with Crippen LogP contribution >= 0.6 is 0 Å². The molecule has 0 rings (SSSR count). The Labute approximate surface area is 95.8 Å². The third kappa shape index (κ3) is 5.55. The molecular formula is C10H20N2O4. The van der Waals surface area contributed by atoms with Crippen molar-refractivity contribution >= 4 is 12.0 Å². The summed E-state index contributed by atoms with van der Waals surface area (Å²) in [6.45, 7) is 2.12. The Balaban J connectivity index is 4.25. The number of carbonyl (C=O) groups excluding carboxylic acids is 2. The molecule has 0 saturated carbocycles. The molecule has 0 aromatic heterocycles. The molecule has 6 nitrogen and oxygen atoms in total. The molecule has 0 saturated heterocycles. The van der Waals surface area contributed by atoms with Gasteiger partial charge in [0.25, 0.3) is 0 Å². The first-order chi connectivity index (χ1) is 7.52. The number of hydrogen-bond acceptors (Lipinski definition) is 4. The van der Waals surface area contributed by atoms with Crippen molar-refractivity contribution in [3.63, 3.8) is 0 Å². The van der Waals surface area contributed by atoms with Crippen LogP contribution in [0.1, 0.15) is 13.3 Å². The second kappa shape index (κ2) is 7.92. The maximum absolute atomic E-state index is 11.5. The SMILES string of the molecule is CCCN(CC(=O)N(C)C)C(=O)OCCO. The van der Waals surface area contributed by atoms with Crippen molar-refractivity contribution in [1.29, 1.82) is 0 Å². The van der Waals surface area contributed by atoms with E-state index in [9.17, 15) is 9.59 Å². The Bertz CT molecular complexity index is 231. The minimum atomic E-state index is -0.564. The fourth-order valence-electron chi connectivity index (χ4n) is 1.03. The summed E-state index contributed by atoms with van der Waals surface area (Å²) in [6, 6.07) is 0. The molecule has 1 N–H and O–H groups in total. The first kappa shape index (κ1) is 14.7. The quantitative estimate of drug-likeness (QED) is 0.695. The lowest BCUT2D eigenvalue weighted by molar-refractivity contribution is -0.129. The number of rotatable bonds is 6. The van der Waals surface area contributed by atoms with Crippen molar-refractivity contribution < 1.29 is 19.4 Å². The first-order valence-corrected chi connectivity index (χ1v) is 5.25. The molecule has 0 aliphatic carbocycles. The molecule has 0 heterocycles. The molecule has 0 aliphatic rings. The number of likely N-dealkylation sites (N-methyl/N-ethyl adjacent to an activating group) is 1. The molecule has 6 heteroatoms. The van der Waals surface area contributed by atoms with Crippen molar-refractivity contribution in [2.45, 2.75) is 13.3 Å². The average molecular weight is 232 g/mol. The van der Waals surface area contributed by atoms with Gasteiger partial charge < -0.3 is 14.7 Å². The molecule has 0 atom stereocenters. The van der Waals surface area contributed by atoms with Gasteiger partial charge in [-0.25, -0.2) is 4.79 Å². The Morgan fingerprint density at radius 1 is 1.31 bits per heavy atom. The Morgan fingerprint density at radius 2 is 1.94 bits per heavy atom. The van der Waals surface area contributed by atoms with Crippen molar-refractivity contribution in [2.24, 2.45) is 0 Å². The number of amides is 2. The molecule has 0 aliphatic heterocycles. The maximum atomic E-state index is 11.5. The maximum Gasteiger partial charge on any atom is 0.410 e. The number of hydrogen-bond donors (Lipinski definition) is 1. The lowest BCUT2D eigenvalue weighted by Crippen LogP contribution is -2.41. The molecule has 16 heavy (non-hydrogen) atoms. The Kier molecular flexibility index (Phi) is 7.28. The predicted molar refractivity (Wildman–Crippen MR) is 59.0 cm³/mol. The van der Waals surface area contributed by atoms with E-state index >= 15 is 0 Å². The van der Waals surface area contributed by atoms with E-state index in [1.807, 2.05) is 6.92 Å². The highest BCUT2D eigenvalue weighted by atomic mass is 16.6. The second-order valence-corrected chi connectivity index (χ2v) is 3.55. The minimum absolute atomic E-state index is 0.00506. The fraction of sp³-hybridized carbons (Fsp3) is 0.800. The molecule has 0 aromatic rings. The summed E-state index contributed by atoms with van der Waals surface area (Å²) in [5.74, 6) is -0.158. The largest absolute Gasteiger partial charge is 0.447 e. The van der Waals surface area contributed by atoms with Gasteiger partial charge in [0.05, 0.1) is 6.61 Å². The highest BCUT2D eigenvalue weighted by Gasteiger charge is 2.18. The van der Waals surface area contributed by atoms with Gasteiger partial charge in [-0.05, 0) is 6.42 Å². The van der Waals surface area contributed by atoms with Gasteiger partial charge in [-0.2, -0.15) is 0 Å². The van der Waals surface area contributed by atoms with Gasteiger partial charge in [-0.3, -0.25) is 9.69 Å². The van der Waals surface area contributed by atoms with Crippen LogP contribution in [-0.4, -0.2) is 67.3 Å². The standard InChI is InChI=1S/C10H20N2O4/c1-4-5-12(8-9(14)11(2)3)10(15)16-7-6-13/h13H,4-8H2,1-3H3. The van der Waals surface area contributed by atoms with Crippen LogP contribution in [0.2, 0.25) is 0 Å².